The molecule has 3 N–H and O–H groups in total. The molecule has 1 aliphatic rings. The second-order valence-corrected chi connectivity index (χ2v) is 6.14. The number of hydrogen-bond acceptors (Lipinski definition) is 5. The van der Waals surface area contributed by atoms with Gasteiger partial charge in [0, 0.05) is 26.2 Å². The Hall–Kier alpha value is -2.28. The number of rotatable bonds is 7. The Kier molecular flexibility index (Phi) is 7.06. The third kappa shape index (κ3) is 5.35. The summed E-state index contributed by atoms with van der Waals surface area (Å²) < 4.78 is 10.8. The number of nitrogens with zero attached hydrogens (tertiary/aromatic N) is 1. The molecule has 0 aliphatic carbocycles. The molecule has 2 amide bonds. The summed E-state index contributed by atoms with van der Waals surface area (Å²) in [6.45, 7) is 3.67. The Bertz CT molecular complexity index is 576. The Morgan fingerprint density at radius 1 is 1.32 bits per heavy atom. The van der Waals surface area contributed by atoms with E-state index in [9.17, 15) is 9.59 Å². The highest BCUT2D eigenvalue weighted by Gasteiger charge is 2.30. The van der Waals surface area contributed by atoms with E-state index in [0.717, 1.165) is 18.6 Å². The van der Waals surface area contributed by atoms with Gasteiger partial charge in [0.05, 0.1) is 13.0 Å². The molecule has 2 atom stereocenters. The molecule has 7 heteroatoms. The molecule has 1 fully saturated rings. The third-order valence-electron chi connectivity index (χ3n) is 4.27. The van der Waals surface area contributed by atoms with E-state index in [1.807, 2.05) is 0 Å². The summed E-state index contributed by atoms with van der Waals surface area (Å²) in [5.74, 6) is 1.01. The lowest BCUT2D eigenvalue weighted by Gasteiger charge is -2.33. The number of carbonyl (C=O) groups excluding carboxylic acids is 2. The predicted molar refractivity (Wildman–Crippen MR) is 94.5 cm³/mol. The van der Waals surface area contributed by atoms with Gasteiger partial charge < -0.3 is 25.4 Å². The Balaban J connectivity index is 1.90. The lowest BCUT2D eigenvalue weighted by molar-refractivity contribution is -0.141. The van der Waals surface area contributed by atoms with Crippen LogP contribution in [0.1, 0.15) is 19.8 Å². The van der Waals surface area contributed by atoms with Gasteiger partial charge in [-0.15, -0.1) is 0 Å². The molecular weight excluding hydrogens is 322 g/mol. The number of ether oxygens (including phenoxy) is 2. The summed E-state index contributed by atoms with van der Waals surface area (Å²) in [6, 6.07) is 7.10. The van der Waals surface area contributed by atoms with Gasteiger partial charge in [-0.3, -0.25) is 9.59 Å². The van der Waals surface area contributed by atoms with Gasteiger partial charge in [0.2, 0.25) is 5.91 Å². The van der Waals surface area contributed by atoms with E-state index in [1.54, 1.807) is 43.2 Å². The van der Waals surface area contributed by atoms with Crippen LogP contribution in [0.4, 0.5) is 0 Å². The highest BCUT2D eigenvalue weighted by atomic mass is 16.5. The Morgan fingerprint density at radius 2 is 2.00 bits per heavy atom. The maximum atomic E-state index is 12.6. The average Bonchev–Trinajstić information content (AvgIpc) is 2.66. The van der Waals surface area contributed by atoms with Crippen molar-refractivity contribution in [3.05, 3.63) is 24.3 Å². The molecule has 0 saturated carbocycles. The molecule has 0 radical (unpaired) electrons. The first-order valence-corrected chi connectivity index (χ1v) is 8.62. The van der Waals surface area contributed by atoms with Crippen molar-refractivity contribution < 1.29 is 19.1 Å². The summed E-state index contributed by atoms with van der Waals surface area (Å²) >= 11 is 0. The van der Waals surface area contributed by atoms with Crippen LogP contribution in [0.3, 0.4) is 0 Å². The Morgan fingerprint density at radius 3 is 2.64 bits per heavy atom. The van der Waals surface area contributed by atoms with Gasteiger partial charge >= 0.3 is 0 Å². The molecule has 0 bridgehead atoms. The summed E-state index contributed by atoms with van der Waals surface area (Å²) in [4.78, 5) is 26.4. The fraction of sp³-hybridized carbons (Fsp3) is 0.556. The van der Waals surface area contributed by atoms with Crippen LogP contribution < -0.4 is 20.5 Å². The van der Waals surface area contributed by atoms with Crippen LogP contribution >= 0.6 is 0 Å². The standard InChI is InChI=1S/C18H27N3O4/c1-13(25-16-7-5-15(24-2)6-8-16)18(23)21-11-3-4-14(12-21)17(22)20-10-9-19/h5-8,13-14H,3-4,9-12,19H2,1-2H3,(H,20,22). The van der Waals surface area contributed by atoms with Crippen LogP contribution in [-0.2, 0) is 9.59 Å². The van der Waals surface area contributed by atoms with Crippen molar-refractivity contribution in [3.8, 4) is 11.5 Å². The van der Waals surface area contributed by atoms with Gasteiger partial charge in [0.25, 0.3) is 5.91 Å². The van der Waals surface area contributed by atoms with Gasteiger partial charge in [-0.05, 0) is 44.0 Å². The van der Waals surface area contributed by atoms with Crippen LogP contribution in [0.25, 0.3) is 0 Å². The Labute approximate surface area is 148 Å². The molecule has 1 aromatic carbocycles. The van der Waals surface area contributed by atoms with Crippen molar-refractivity contribution >= 4 is 11.8 Å². The zero-order chi connectivity index (χ0) is 18.2. The maximum Gasteiger partial charge on any atom is 0.263 e. The normalized spacial score (nSPS) is 18.4. The van der Waals surface area contributed by atoms with E-state index in [4.69, 9.17) is 15.2 Å². The van der Waals surface area contributed by atoms with E-state index in [0.29, 0.717) is 31.9 Å². The average molecular weight is 349 g/mol. The quantitative estimate of drug-likeness (QED) is 0.758. The minimum atomic E-state index is -0.612. The molecule has 138 valence electrons. The summed E-state index contributed by atoms with van der Waals surface area (Å²) in [7, 11) is 1.60. The molecule has 2 rings (SSSR count). The second kappa shape index (κ2) is 9.27. The minimum Gasteiger partial charge on any atom is -0.497 e. The second-order valence-electron chi connectivity index (χ2n) is 6.14. The van der Waals surface area contributed by atoms with E-state index in [-0.39, 0.29) is 17.7 Å². The van der Waals surface area contributed by atoms with Gasteiger partial charge in [-0.2, -0.15) is 0 Å². The number of nitrogens with one attached hydrogen (secondary N) is 1. The molecule has 7 nitrogen and oxygen atoms in total. The van der Waals surface area contributed by atoms with Crippen LogP contribution in [0, 0.1) is 5.92 Å². The van der Waals surface area contributed by atoms with Crippen molar-refractivity contribution in [1.29, 1.82) is 0 Å². The highest BCUT2D eigenvalue weighted by molar-refractivity contribution is 5.83. The van der Waals surface area contributed by atoms with Crippen LogP contribution in [0.5, 0.6) is 11.5 Å². The number of likely N-dealkylation sites (tertiary alicyclic amines) is 1. The number of amides is 2. The smallest absolute Gasteiger partial charge is 0.263 e. The molecule has 0 spiro atoms. The van der Waals surface area contributed by atoms with Gasteiger partial charge in [0.1, 0.15) is 11.5 Å². The first-order valence-electron chi connectivity index (χ1n) is 8.62. The molecular formula is C18H27N3O4. The number of methoxy groups -OCH3 is 1. The number of nitrogens with two attached hydrogens (primary N) is 1. The first-order chi connectivity index (χ1) is 12.0. The predicted octanol–water partition coefficient (Wildman–Crippen LogP) is 0.776. The highest BCUT2D eigenvalue weighted by Crippen LogP contribution is 2.21. The van der Waals surface area contributed by atoms with E-state index >= 15 is 0 Å². The molecule has 1 aliphatic heterocycles. The number of benzene rings is 1. The summed E-state index contributed by atoms with van der Waals surface area (Å²) in [5.41, 5.74) is 5.41. The monoisotopic (exact) mass is 349 g/mol. The lowest BCUT2D eigenvalue weighted by atomic mass is 9.96. The SMILES string of the molecule is COc1ccc(OC(C)C(=O)N2CCCC(C(=O)NCCN)C2)cc1. The molecule has 0 aromatic heterocycles. The number of hydrogen-bond donors (Lipinski definition) is 2. The molecule has 2 unspecified atom stereocenters. The number of piperidine rings is 1. The largest absolute Gasteiger partial charge is 0.497 e. The van der Waals surface area contributed by atoms with Crippen LogP contribution in [-0.4, -0.2) is 56.1 Å². The minimum absolute atomic E-state index is 0.0355. The van der Waals surface area contributed by atoms with Gasteiger partial charge in [-0.1, -0.05) is 0 Å². The summed E-state index contributed by atoms with van der Waals surface area (Å²) in [6.07, 6.45) is 0.981. The third-order valence-corrected chi connectivity index (χ3v) is 4.27. The first kappa shape index (κ1) is 19.1. The molecule has 1 saturated heterocycles. The fourth-order valence-electron chi connectivity index (χ4n) is 2.90. The summed E-state index contributed by atoms with van der Waals surface area (Å²) in [5, 5.41) is 2.80. The fourth-order valence-corrected chi connectivity index (χ4v) is 2.90. The van der Waals surface area contributed by atoms with Crippen molar-refractivity contribution in [2.75, 3.05) is 33.3 Å². The van der Waals surface area contributed by atoms with E-state index < -0.39 is 6.10 Å². The van der Waals surface area contributed by atoms with Crippen molar-refractivity contribution in [1.82, 2.24) is 10.2 Å². The zero-order valence-corrected chi connectivity index (χ0v) is 14.9. The van der Waals surface area contributed by atoms with Crippen molar-refractivity contribution in [2.24, 2.45) is 11.7 Å². The lowest BCUT2D eigenvalue weighted by Crippen LogP contribution is -2.49. The van der Waals surface area contributed by atoms with Gasteiger partial charge in [0.15, 0.2) is 6.10 Å². The van der Waals surface area contributed by atoms with Crippen LogP contribution in [0.15, 0.2) is 24.3 Å². The van der Waals surface area contributed by atoms with E-state index in [2.05, 4.69) is 5.32 Å². The van der Waals surface area contributed by atoms with Crippen LogP contribution in [0.2, 0.25) is 0 Å². The molecule has 25 heavy (non-hydrogen) atoms. The molecule has 1 heterocycles. The number of carbonyl (C=O) groups is 2. The van der Waals surface area contributed by atoms with Crippen molar-refractivity contribution in [3.63, 3.8) is 0 Å². The maximum absolute atomic E-state index is 12.6. The van der Waals surface area contributed by atoms with E-state index in [1.165, 1.54) is 0 Å². The zero-order valence-electron chi connectivity index (χ0n) is 14.9. The van der Waals surface area contributed by atoms with Gasteiger partial charge in [-0.25, -0.2) is 0 Å². The van der Waals surface area contributed by atoms with Crippen molar-refractivity contribution in [2.45, 2.75) is 25.9 Å². The molecule has 1 aromatic rings. The topological polar surface area (TPSA) is 93.9 Å².